The Morgan fingerprint density at radius 1 is 1.24 bits per heavy atom. The van der Waals surface area contributed by atoms with E-state index in [-0.39, 0.29) is 0 Å². The zero-order valence-corrected chi connectivity index (χ0v) is 9.21. The first kappa shape index (κ1) is 9.77. The van der Waals surface area contributed by atoms with E-state index in [0.717, 1.165) is 16.2 Å². The van der Waals surface area contributed by atoms with Crippen molar-refractivity contribution in [3.63, 3.8) is 0 Å². The minimum atomic E-state index is 0.317. The van der Waals surface area contributed by atoms with Gasteiger partial charge in [0.25, 0.3) is 0 Å². The molecular weight excluding hydrogens is 216 g/mol. The lowest BCUT2D eigenvalue weighted by Gasteiger charge is -2.06. The summed E-state index contributed by atoms with van der Waals surface area (Å²) in [5.41, 5.74) is 7.43. The number of nitrogen functional groups attached to an aromatic ring is 1. The van der Waals surface area contributed by atoms with Crippen molar-refractivity contribution in [1.82, 2.24) is 15.0 Å². The van der Waals surface area contributed by atoms with Crippen LogP contribution >= 0.6 is 0 Å². The predicted molar refractivity (Wildman–Crippen MR) is 65.8 cm³/mol. The lowest BCUT2D eigenvalue weighted by atomic mass is 10.1. The Balaban J connectivity index is 2.46. The second kappa shape index (κ2) is 3.55. The standard InChI is InChI=1S/C12H10N4O/c1-17-12-15-6-8-4-7-5-14-3-2-9(7)10(13)11(8)16-12/h2-6H,13H2,1H3. The summed E-state index contributed by atoms with van der Waals surface area (Å²) in [5.74, 6) is 0. The number of benzene rings is 1. The molecule has 0 bridgehead atoms. The number of ether oxygens (including phenoxy) is 1. The second-order valence-corrected chi connectivity index (χ2v) is 3.68. The van der Waals surface area contributed by atoms with Crippen molar-refractivity contribution in [3.05, 3.63) is 30.7 Å². The maximum absolute atomic E-state index is 6.10. The highest BCUT2D eigenvalue weighted by Gasteiger charge is 2.07. The van der Waals surface area contributed by atoms with Gasteiger partial charge in [-0.1, -0.05) is 0 Å². The Hall–Kier alpha value is -2.43. The van der Waals surface area contributed by atoms with E-state index in [9.17, 15) is 0 Å². The number of anilines is 1. The van der Waals surface area contributed by atoms with Gasteiger partial charge in [0.1, 0.15) is 5.52 Å². The normalized spacial score (nSPS) is 10.9. The molecule has 1 aromatic carbocycles. The second-order valence-electron chi connectivity index (χ2n) is 3.68. The summed E-state index contributed by atoms with van der Waals surface area (Å²) >= 11 is 0. The van der Waals surface area contributed by atoms with E-state index in [4.69, 9.17) is 10.5 Å². The molecule has 0 aliphatic heterocycles. The van der Waals surface area contributed by atoms with Crippen molar-refractivity contribution in [3.8, 4) is 6.01 Å². The van der Waals surface area contributed by atoms with Gasteiger partial charge in [0, 0.05) is 34.7 Å². The number of nitrogens with two attached hydrogens (primary N) is 1. The highest BCUT2D eigenvalue weighted by atomic mass is 16.5. The molecule has 0 saturated heterocycles. The van der Waals surface area contributed by atoms with Crippen LogP contribution in [0.1, 0.15) is 0 Å². The van der Waals surface area contributed by atoms with Crippen LogP contribution in [-0.4, -0.2) is 22.1 Å². The van der Waals surface area contributed by atoms with Gasteiger partial charge >= 0.3 is 6.01 Å². The third-order valence-electron chi connectivity index (χ3n) is 2.69. The van der Waals surface area contributed by atoms with Gasteiger partial charge in [-0.2, -0.15) is 4.98 Å². The van der Waals surface area contributed by atoms with E-state index >= 15 is 0 Å². The minimum Gasteiger partial charge on any atom is -0.467 e. The summed E-state index contributed by atoms with van der Waals surface area (Å²) < 4.78 is 5.00. The average molecular weight is 226 g/mol. The zero-order valence-electron chi connectivity index (χ0n) is 9.21. The summed E-state index contributed by atoms with van der Waals surface area (Å²) in [6, 6.07) is 4.16. The largest absolute Gasteiger partial charge is 0.467 e. The molecule has 0 saturated carbocycles. The summed E-state index contributed by atoms with van der Waals surface area (Å²) in [5, 5.41) is 2.79. The van der Waals surface area contributed by atoms with Crippen LogP contribution in [0.3, 0.4) is 0 Å². The van der Waals surface area contributed by atoms with Crippen molar-refractivity contribution >= 4 is 27.4 Å². The van der Waals surface area contributed by atoms with Gasteiger partial charge in [-0.15, -0.1) is 0 Å². The molecule has 5 heteroatoms. The Bertz CT molecular complexity index is 711. The molecule has 0 spiro atoms. The Morgan fingerprint density at radius 2 is 2.12 bits per heavy atom. The molecule has 2 N–H and O–H groups in total. The van der Waals surface area contributed by atoms with Gasteiger partial charge in [0.15, 0.2) is 0 Å². The van der Waals surface area contributed by atoms with Gasteiger partial charge in [0.05, 0.1) is 12.8 Å². The van der Waals surface area contributed by atoms with Crippen LogP contribution in [0.4, 0.5) is 5.69 Å². The Kier molecular flexibility index (Phi) is 2.04. The lowest BCUT2D eigenvalue weighted by Crippen LogP contribution is -1.96. The Labute approximate surface area is 97.3 Å². The summed E-state index contributed by atoms with van der Waals surface area (Å²) in [7, 11) is 1.53. The van der Waals surface area contributed by atoms with E-state index < -0.39 is 0 Å². The van der Waals surface area contributed by atoms with E-state index in [1.54, 1.807) is 18.6 Å². The average Bonchev–Trinajstić information content (AvgIpc) is 2.39. The van der Waals surface area contributed by atoms with Crippen molar-refractivity contribution in [1.29, 1.82) is 0 Å². The molecule has 0 radical (unpaired) electrons. The molecule has 0 unspecified atom stereocenters. The monoisotopic (exact) mass is 226 g/mol. The molecule has 0 aliphatic rings. The summed E-state index contributed by atoms with van der Waals surface area (Å²) in [6.45, 7) is 0. The van der Waals surface area contributed by atoms with E-state index in [1.807, 2.05) is 12.1 Å². The molecule has 0 aliphatic carbocycles. The molecule has 0 atom stereocenters. The number of hydrogen-bond donors (Lipinski definition) is 1. The van der Waals surface area contributed by atoms with Gasteiger partial charge in [-0.05, 0) is 12.1 Å². The minimum absolute atomic E-state index is 0.317. The van der Waals surface area contributed by atoms with Gasteiger partial charge in [-0.25, -0.2) is 4.98 Å². The summed E-state index contributed by atoms with van der Waals surface area (Å²) in [4.78, 5) is 12.4. The lowest BCUT2D eigenvalue weighted by molar-refractivity contribution is 0.382. The van der Waals surface area contributed by atoms with Gasteiger partial charge in [0.2, 0.25) is 0 Å². The number of nitrogens with zero attached hydrogens (tertiary/aromatic N) is 3. The van der Waals surface area contributed by atoms with Crippen LogP contribution in [0.5, 0.6) is 6.01 Å². The maximum Gasteiger partial charge on any atom is 0.316 e. The smallest absolute Gasteiger partial charge is 0.316 e. The fourth-order valence-corrected chi connectivity index (χ4v) is 1.86. The Morgan fingerprint density at radius 3 is 2.94 bits per heavy atom. The third-order valence-corrected chi connectivity index (χ3v) is 2.69. The predicted octanol–water partition coefficient (Wildman–Crippen LogP) is 1.77. The highest BCUT2D eigenvalue weighted by Crippen LogP contribution is 2.28. The first-order valence-electron chi connectivity index (χ1n) is 5.12. The first-order chi connectivity index (χ1) is 8.29. The van der Waals surface area contributed by atoms with Crippen molar-refractivity contribution < 1.29 is 4.74 Å². The molecular formula is C12H10N4O. The van der Waals surface area contributed by atoms with Crippen molar-refractivity contribution in [2.24, 2.45) is 0 Å². The van der Waals surface area contributed by atoms with Crippen LogP contribution < -0.4 is 10.5 Å². The van der Waals surface area contributed by atoms with Gasteiger partial charge in [-0.3, -0.25) is 4.98 Å². The zero-order chi connectivity index (χ0) is 11.8. The van der Waals surface area contributed by atoms with Gasteiger partial charge < -0.3 is 10.5 Å². The number of hydrogen-bond acceptors (Lipinski definition) is 5. The fourth-order valence-electron chi connectivity index (χ4n) is 1.86. The summed E-state index contributed by atoms with van der Waals surface area (Å²) in [6.07, 6.45) is 5.18. The SMILES string of the molecule is COc1ncc2cc3cnccc3c(N)c2n1. The molecule has 3 rings (SSSR count). The van der Waals surface area contributed by atoms with Crippen LogP contribution in [0.25, 0.3) is 21.7 Å². The molecule has 3 aromatic rings. The fraction of sp³-hybridized carbons (Fsp3) is 0.0833. The number of fused-ring (bicyclic) bond motifs is 2. The number of rotatable bonds is 1. The molecule has 0 fully saturated rings. The number of pyridine rings is 1. The number of aromatic nitrogens is 3. The molecule has 0 amide bonds. The third kappa shape index (κ3) is 1.44. The van der Waals surface area contributed by atoms with Crippen molar-refractivity contribution in [2.75, 3.05) is 12.8 Å². The molecule has 5 nitrogen and oxygen atoms in total. The first-order valence-corrected chi connectivity index (χ1v) is 5.12. The topological polar surface area (TPSA) is 73.9 Å². The van der Waals surface area contributed by atoms with Crippen LogP contribution in [0.2, 0.25) is 0 Å². The van der Waals surface area contributed by atoms with Crippen LogP contribution in [-0.2, 0) is 0 Å². The van der Waals surface area contributed by atoms with E-state index in [0.29, 0.717) is 17.2 Å². The van der Waals surface area contributed by atoms with Crippen LogP contribution in [0.15, 0.2) is 30.7 Å². The maximum atomic E-state index is 6.10. The quantitative estimate of drug-likeness (QED) is 0.505. The number of methoxy groups -OCH3 is 1. The van der Waals surface area contributed by atoms with Crippen molar-refractivity contribution in [2.45, 2.75) is 0 Å². The van der Waals surface area contributed by atoms with Crippen LogP contribution in [0, 0.1) is 0 Å². The molecule has 17 heavy (non-hydrogen) atoms. The molecule has 2 aromatic heterocycles. The molecule has 2 heterocycles. The molecule has 84 valence electrons. The van der Waals surface area contributed by atoms with E-state index in [1.165, 1.54) is 7.11 Å². The van der Waals surface area contributed by atoms with E-state index in [2.05, 4.69) is 15.0 Å². The highest BCUT2D eigenvalue weighted by molar-refractivity contribution is 6.07.